The fourth-order valence-corrected chi connectivity index (χ4v) is 1.63. The third-order valence-electron chi connectivity index (χ3n) is 2.87. The fraction of sp³-hybridized carbons (Fsp3) is 0.600. The van der Waals surface area contributed by atoms with E-state index >= 15 is 0 Å². The van der Waals surface area contributed by atoms with E-state index in [2.05, 4.69) is 45.9 Å². The quantitative estimate of drug-likeness (QED) is 0.868. The standard InChI is InChI=1S/C15H25NO/c1-11-10-13(15(3,4)5)6-7-14(11)17-9-8-12(2)16/h6-7,10,12H,8-9,16H2,1-5H3. The third kappa shape index (κ3) is 4.39. The maximum absolute atomic E-state index is 5.74. The van der Waals surface area contributed by atoms with E-state index in [1.807, 2.05) is 6.92 Å². The van der Waals surface area contributed by atoms with E-state index in [4.69, 9.17) is 10.5 Å². The summed E-state index contributed by atoms with van der Waals surface area (Å²) in [6.07, 6.45) is 0.889. The van der Waals surface area contributed by atoms with Crippen LogP contribution in [0.4, 0.5) is 0 Å². The average molecular weight is 235 g/mol. The molecule has 0 aromatic heterocycles. The first-order valence-electron chi connectivity index (χ1n) is 6.30. The van der Waals surface area contributed by atoms with E-state index < -0.39 is 0 Å². The van der Waals surface area contributed by atoms with Gasteiger partial charge in [0.05, 0.1) is 6.61 Å². The van der Waals surface area contributed by atoms with Crippen molar-refractivity contribution in [1.82, 2.24) is 0 Å². The Hall–Kier alpha value is -1.02. The predicted octanol–water partition coefficient (Wildman–Crippen LogP) is 3.41. The van der Waals surface area contributed by atoms with Gasteiger partial charge in [-0.3, -0.25) is 0 Å². The summed E-state index contributed by atoms with van der Waals surface area (Å²) in [6, 6.07) is 6.62. The molecular weight excluding hydrogens is 210 g/mol. The van der Waals surface area contributed by atoms with Crippen molar-refractivity contribution in [3.63, 3.8) is 0 Å². The van der Waals surface area contributed by atoms with Crippen LogP contribution in [-0.2, 0) is 5.41 Å². The Labute approximate surface area is 105 Å². The minimum absolute atomic E-state index is 0.190. The van der Waals surface area contributed by atoms with Gasteiger partial charge in [0.25, 0.3) is 0 Å². The first-order chi connectivity index (χ1) is 7.80. The molecule has 1 unspecified atom stereocenters. The molecule has 0 spiro atoms. The van der Waals surface area contributed by atoms with Gasteiger partial charge in [-0.15, -0.1) is 0 Å². The maximum Gasteiger partial charge on any atom is 0.122 e. The Morgan fingerprint density at radius 1 is 1.29 bits per heavy atom. The summed E-state index contributed by atoms with van der Waals surface area (Å²) in [5.41, 5.74) is 8.42. The van der Waals surface area contributed by atoms with Gasteiger partial charge in [-0.2, -0.15) is 0 Å². The molecule has 0 bridgehead atoms. The molecule has 2 nitrogen and oxygen atoms in total. The molecule has 0 heterocycles. The highest BCUT2D eigenvalue weighted by molar-refractivity contribution is 5.38. The number of nitrogens with two attached hydrogens (primary N) is 1. The van der Waals surface area contributed by atoms with E-state index in [1.54, 1.807) is 0 Å². The van der Waals surface area contributed by atoms with Crippen LogP contribution in [0, 0.1) is 6.92 Å². The largest absolute Gasteiger partial charge is 0.493 e. The Morgan fingerprint density at radius 3 is 2.41 bits per heavy atom. The van der Waals surface area contributed by atoms with Crippen molar-refractivity contribution in [3.05, 3.63) is 29.3 Å². The molecular formula is C15H25NO. The Morgan fingerprint density at radius 2 is 1.94 bits per heavy atom. The highest BCUT2D eigenvalue weighted by atomic mass is 16.5. The highest BCUT2D eigenvalue weighted by Gasteiger charge is 2.14. The third-order valence-corrected chi connectivity index (χ3v) is 2.87. The van der Waals surface area contributed by atoms with Gasteiger partial charge in [0.15, 0.2) is 0 Å². The van der Waals surface area contributed by atoms with Crippen LogP contribution in [0.25, 0.3) is 0 Å². The molecule has 17 heavy (non-hydrogen) atoms. The summed E-state index contributed by atoms with van der Waals surface area (Å²) in [6.45, 7) is 11.4. The summed E-state index contributed by atoms with van der Waals surface area (Å²) >= 11 is 0. The molecule has 0 fully saturated rings. The number of rotatable bonds is 4. The van der Waals surface area contributed by atoms with Crippen molar-refractivity contribution in [3.8, 4) is 5.75 Å². The minimum atomic E-state index is 0.190. The number of hydrogen-bond acceptors (Lipinski definition) is 2. The lowest BCUT2D eigenvalue weighted by Gasteiger charge is -2.20. The average Bonchev–Trinajstić information content (AvgIpc) is 2.18. The molecule has 1 rings (SSSR count). The number of aryl methyl sites for hydroxylation is 1. The zero-order chi connectivity index (χ0) is 13.1. The molecule has 2 heteroatoms. The molecule has 0 aliphatic heterocycles. The second-order valence-electron chi connectivity index (χ2n) is 5.84. The van der Waals surface area contributed by atoms with Crippen molar-refractivity contribution in [2.24, 2.45) is 5.73 Å². The van der Waals surface area contributed by atoms with Crippen LogP contribution in [0.5, 0.6) is 5.75 Å². The monoisotopic (exact) mass is 235 g/mol. The molecule has 1 aromatic rings. The smallest absolute Gasteiger partial charge is 0.122 e. The second-order valence-corrected chi connectivity index (χ2v) is 5.84. The topological polar surface area (TPSA) is 35.2 Å². The molecule has 0 saturated carbocycles. The van der Waals surface area contributed by atoms with Crippen molar-refractivity contribution in [2.45, 2.75) is 52.5 Å². The molecule has 2 N–H and O–H groups in total. The van der Waals surface area contributed by atoms with E-state index in [0.717, 1.165) is 12.2 Å². The molecule has 0 amide bonds. The Kier molecular flexibility index (Phi) is 4.58. The minimum Gasteiger partial charge on any atom is -0.493 e. The first-order valence-corrected chi connectivity index (χ1v) is 6.30. The van der Waals surface area contributed by atoms with Crippen LogP contribution in [0.3, 0.4) is 0 Å². The first kappa shape index (κ1) is 14.0. The highest BCUT2D eigenvalue weighted by Crippen LogP contribution is 2.27. The van der Waals surface area contributed by atoms with Gasteiger partial charge in [0.2, 0.25) is 0 Å². The van der Waals surface area contributed by atoms with Crippen LogP contribution in [-0.4, -0.2) is 12.6 Å². The van der Waals surface area contributed by atoms with Gasteiger partial charge in [-0.25, -0.2) is 0 Å². The Bertz CT molecular complexity index is 364. The molecule has 1 atom stereocenters. The van der Waals surface area contributed by atoms with Crippen LogP contribution < -0.4 is 10.5 Å². The van der Waals surface area contributed by atoms with Gasteiger partial charge in [0, 0.05) is 6.04 Å². The summed E-state index contributed by atoms with van der Waals surface area (Å²) in [4.78, 5) is 0. The van der Waals surface area contributed by atoms with Gasteiger partial charge in [0.1, 0.15) is 5.75 Å². The van der Waals surface area contributed by atoms with E-state index in [0.29, 0.717) is 6.61 Å². The summed E-state index contributed by atoms with van der Waals surface area (Å²) < 4.78 is 5.74. The van der Waals surface area contributed by atoms with Crippen molar-refractivity contribution >= 4 is 0 Å². The van der Waals surface area contributed by atoms with E-state index in [-0.39, 0.29) is 11.5 Å². The van der Waals surface area contributed by atoms with Gasteiger partial charge in [-0.05, 0) is 42.9 Å². The lowest BCUT2D eigenvalue weighted by Crippen LogP contribution is -2.18. The predicted molar refractivity (Wildman–Crippen MR) is 73.6 cm³/mol. The van der Waals surface area contributed by atoms with Gasteiger partial charge >= 0.3 is 0 Å². The summed E-state index contributed by atoms with van der Waals surface area (Å²) in [5.74, 6) is 0.971. The van der Waals surface area contributed by atoms with Crippen LogP contribution in [0.1, 0.15) is 45.2 Å². The molecule has 1 aromatic carbocycles. The van der Waals surface area contributed by atoms with Crippen molar-refractivity contribution in [2.75, 3.05) is 6.61 Å². The van der Waals surface area contributed by atoms with Crippen LogP contribution >= 0.6 is 0 Å². The van der Waals surface area contributed by atoms with Crippen LogP contribution in [0.15, 0.2) is 18.2 Å². The van der Waals surface area contributed by atoms with Gasteiger partial charge in [-0.1, -0.05) is 32.9 Å². The summed E-state index contributed by atoms with van der Waals surface area (Å²) in [5, 5.41) is 0. The van der Waals surface area contributed by atoms with E-state index in [1.165, 1.54) is 11.1 Å². The molecule has 0 aliphatic rings. The lowest BCUT2D eigenvalue weighted by atomic mass is 9.86. The second kappa shape index (κ2) is 5.54. The molecule has 96 valence electrons. The molecule has 0 saturated heterocycles. The Balaban J connectivity index is 2.70. The molecule has 0 radical (unpaired) electrons. The van der Waals surface area contributed by atoms with Crippen molar-refractivity contribution < 1.29 is 4.74 Å². The van der Waals surface area contributed by atoms with Gasteiger partial charge < -0.3 is 10.5 Å². The fourth-order valence-electron chi connectivity index (χ4n) is 1.63. The number of ether oxygens (including phenoxy) is 1. The molecule has 0 aliphatic carbocycles. The summed E-state index contributed by atoms with van der Waals surface area (Å²) in [7, 11) is 0. The zero-order valence-electron chi connectivity index (χ0n) is 11.7. The van der Waals surface area contributed by atoms with Crippen molar-refractivity contribution in [1.29, 1.82) is 0 Å². The number of benzene rings is 1. The SMILES string of the molecule is Cc1cc(C(C)(C)C)ccc1OCCC(C)N. The number of hydrogen-bond donors (Lipinski definition) is 1. The van der Waals surface area contributed by atoms with Crippen LogP contribution in [0.2, 0.25) is 0 Å². The lowest BCUT2D eigenvalue weighted by molar-refractivity contribution is 0.299. The van der Waals surface area contributed by atoms with E-state index in [9.17, 15) is 0 Å². The zero-order valence-corrected chi connectivity index (χ0v) is 11.7. The maximum atomic E-state index is 5.74. The normalized spacial score (nSPS) is 13.5.